The molecule has 1 unspecified atom stereocenters. The second-order valence-electron chi connectivity index (χ2n) is 5.00. The van der Waals surface area contributed by atoms with Gasteiger partial charge in [0.1, 0.15) is 5.82 Å². The summed E-state index contributed by atoms with van der Waals surface area (Å²) in [6, 6.07) is 9.01. The molecule has 0 radical (unpaired) electrons. The van der Waals surface area contributed by atoms with Crippen molar-refractivity contribution in [1.82, 2.24) is 4.57 Å². The Balaban J connectivity index is 2.18. The lowest BCUT2D eigenvalue weighted by molar-refractivity contribution is 0.559. The molecule has 1 heterocycles. The van der Waals surface area contributed by atoms with Crippen molar-refractivity contribution in [2.24, 2.45) is 5.73 Å². The van der Waals surface area contributed by atoms with Gasteiger partial charge in [0, 0.05) is 23.1 Å². The van der Waals surface area contributed by atoms with Gasteiger partial charge in [0.05, 0.1) is 0 Å². The number of rotatable bonds is 1. The highest BCUT2D eigenvalue weighted by Gasteiger charge is 2.22. The van der Waals surface area contributed by atoms with Crippen LogP contribution in [0, 0.1) is 12.7 Å². The maximum absolute atomic E-state index is 13.4. The molecule has 0 aliphatic heterocycles. The fourth-order valence-electron chi connectivity index (χ4n) is 2.91. The highest BCUT2D eigenvalue weighted by molar-refractivity contribution is 5.43. The molecule has 2 nitrogen and oxygen atoms in total. The number of halogens is 1. The summed E-state index contributed by atoms with van der Waals surface area (Å²) in [4.78, 5) is 0. The lowest BCUT2D eigenvalue weighted by atomic mass is 9.93. The molecule has 94 valence electrons. The average molecular weight is 244 g/mol. The summed E-state index contributed by atoms with van der Waals surface area (Å²) in [7, 11) is 0. The van der Waals surface area contributed by atoms with Crippen molar-refractivity contribution in [3.05, 3.63) is 53.1 Å². The van der Waals surface area contributed by atoms with Gasteiger partial charge in [-0.2, -0.15) is 0 Å². The van der Waals surface area contributed by atoms with Crippen molar-refractivity contribution in [3.63, 3.8) is 0 Å². The van der Waals surface area contributed by atoms with Gasteiger partial charge < -0.3 is 10.3 Å². The molecular weight excluding hydrogens is 227 g/mol. The largest absolute Gasteiger partial charge is 0.324 e. The number of hydrogen-bond acceptors (Lipinski definition) is 1. The number of aryl methyl sites for hydroxylation is 1. The maximum atomic E-state index is 13.4. The van der Waals surface area contributed by atoms with E-state index in [0.29, 0.717) is 0 Å². The smallest absolute Gasteiger partial charge is 0.125 e. The van der Waals surface area contributed by atoms with Crippen LogP contribution in [-0.4, -0.2) is 4.57 Å². The predicted molar refractivity (Wildman–Crippen MR) is 70.3 cm³/mol. The van der Waals surface area contributed by atoms with E-state index in [0.717, 1.165) is 30.6 Å². The zero-order chi connectivity index (χ0) is 12.7. The van der Waals surface area contributed by atoms with Crippen LogP contribution in [-0.2, 0) is 6.42 Å². The van der Waals surface area contributed by atoms with Crippen molar-refractivity contribution >= 4 is 0 Å². The first-order valence-corrected chi connectivity index (χ1v) is 6.39. The van der Waals surface area contributed by atoms with Crippen LogP contribution in [0.25, 0.3) is 5.69 Å². The van der Waals surface area contributed by atoms with Gasteiger partial charge in [-0.3, -0.25) is 0 Å². The molecule has 2 N–H and O–H groups in total. The third kappa shape index (κ3) is 1.75. The van der Waals surface area contributed by atoms with E-state index in [1.54, 1.807) is 12.1 Å². The van der Waals surface area contributed by atoms with E-state index in [4.69, 9.17) is 5.73 Å². The first-order chi connectivity index (χ1) is 8.66. The SMILES string of the molecule is Cc1cc2c(n1-c1cccc(F)c1)CCCC2N. The van der Waals surface area contributed by atoms with Crippen LogP contribution in [0.1, 0.15) is 35.8 Å². The molecule has 0 saturated carbocycles. The summed E-state index contributed by atoms with van der Waals surface area (Å²) in [5, 5.41) is 0. The van der Waals surface area contributed by atoms with Crippen LogP contribution in [0.15, 0.2) is 30.3 Å². The summed E-state index contributed by atoms with van der Waals surface area (Å²) in [6.45, 7) is 2.05. The van der Waals surface area contributed by atoms with Crippen LogP contribution in [0.2, 0.25) is 0 Å². The van der Waals surface area contributed by atoms with E-state index >= 15 is 0 Å². The molecule has 0 spiro atoms. The topological polar surface area (TPSA) is 30.9 Å². The van der Waals surface area contributed by atoms with Crippen molar-refractivity contribution in [1.29, 1.82) is 0 Å². The molecule has 3 rings (SSSR count). The van der Waals surface area contributed by atoms with Crippen LogP contribution in [0.4, 0.5) is 4.39 Å². The summed E-state index contributed by atoms with van der Waals surface area (Å²) in [6.07, 6.45) is 3.17. The van der Waals surface area contributed by atoms with Crippen LogP contribution in [0.3, 0.4) is 0 Å². The molecule has 0 amide bonds. The standard InChI is InChI=1S/C15H17FN2/c1-10-8-13-14(17)6-3-7-15(13)18(10)12-5-2-4-11(16)9-12/h2,4-5,8-9,14H,3,6-7,17H2,1H3. The van der Waals surface area contributed by atoms with Crippen molar-refractivity contribution in [3.8, 4) is 5.69 Å². The van der Waals surface area contributed by atoms with E-state index in [2.05, 4.69) is 17.6 Å². The first-order valence-electron chi connectivity index (χ1n) is 6.39. The molecule has 1 aromatic carbocycles. The van der Waals surface area contributed by atoms with Gasteiger partial charge in [-0.25, -0.2) is 4.39 Å². The van der Waals surface area contributed by atoms with E-state index in [9.17, 15) is 4.39 Å². The second-order valence-corrected chi connectivity index (χ2v) is 5.00. The fourth-order valence-corrected chi connectivity index (χ4v) is 2.91. The van der Waals surface area contributed by atoms with E-state index in [1.165, 1.54) is 17.3 Å². The zero-order valence-corrected chi connectivity index (χ0v) is 10.5. The number of hydrogen-bond donors (Lipinski definition) is 1. The number of nitrogens with two attached hydrogens (primary N) is 1. The number of aromatic nitrogens is 1. The Morgan fingerprint density at radius 1 is 1.33 bits per heavy atom. The summed E-state index contributed by atoms with van der Waals surface area (Å²) < 4.78 is 15.5. The Hall–Kier alpha value is -1.61. The minimum absolute atomic E-state index is 0.127. The third-order valence-electron chi connectivity index (χ3n) is 3.71. The normalized spacial score (nSPS) is 18.7. The van der Waals surface area contributed by atoms with E-state index in [-0.39, 0.29) is 11.9 Å². The minimum atomic E-state index is -0.200. The molecule has 1 aromatic heterocycles. The minimum Gasteiger partial charge on any atom is -0.324 e. The fraction of sp³-hybridized carbons (Fsp3) is 0.333. The van der Waals surface area contributed by atoms with Crippen LogP contribution < -0.4 is 5.73 Å². The number of nitrogens with zero attached hydrogens (tertiary/aromatic N) is 1. The van der Waals surface area contributed by atoms with Gasteiger partial charge in [-0.1, -0.05) is 6.07 Å². The summed E-state index contributed by atoms with van der Waals surface area (Å²) in [5.74, 6) is -0.200. The van der Waals surface area contributed by atoms with Crippen molar-refractivity contribution < 1.29 is 4.39 Å². The van der Waals surface area contributed by atoms with Gasteiger partial charge in [0.25, 0.3) is 0 Å². The Bertz CT molecular complexity index is 586. The average Bonchev–Trinajstić information content (AvgIpc) is 2.67. The lowest BCUT2D eigenvalue weighted by Gasteiger charge is -2.21. The van der Waals surface area contributed by atoms with Gasteiger partial charge in [0.2, 0.25) is 0 Å². The Morgan fingerprint density at radius 3 is 2.94 bits per heavy atom. The molecule has 1 aliphatic rings. The van der Waals surface area contributed by atoms with Crippen LogP contribution >= 0.6 is 0 Å². The highest BCUT2D eigenvalue weighted by Crippen LogP contribution is 2.32. The molecule has 0 bridgehead atoms. The maximum Gasteiger partial charge on any atom is 0.125 e. The first kappa shape index (κ1) is 11.5. The monoisotopic (exact) mass is 244 g/mol. The molecule has 2 aromatic rings. The van der Waals surface area contributed by atoms with Gasteiger partial charge in [-0.15, -0.1) is 0 Å². The molecule has 3 heteroatoms. The van der Waals surface area contributed by atoms with Gasteiger partial charge >= 0.3 is 0 Å². The Morgan fingerprint density at radius 2 is 2.17 bits per heavy atom. The number of fused-ring (bicyclic) bond motifs is 1. The van der Waals surface area contributed by atoms with E-state index < -0.39 is 0 Å². The quantitative estimate of drug-likeness (QED) is 0.820. The van der Waals surface area contributed by atoms with Crippen molar-refractivity contribution in [2.45, 2.75) is 32.2 Å². The highest BCUT2D eigenvalue weighted by atomic mass is 19.1. The summed E-state index contributed by atoms with van der Waals surface area (Å²) >= 11 is 0. The Kier molecular flexibility index (Phi) is 2.71. The molecule has 1 atom stereocenters. The Labute approximate surface area is 106 Å². The van der Waals surface area contributed by atoms with Crippen molar-refractivity contribution in [2.75, 3.05) is 0 Å². The molecular formula is C15H17FN2. The number of benzene rings is 1. The van der Waals surface area contributed by atoms with Gasteiger partial charge in [0.15, 0.2) is 0 Å². The molecule has 0 fully saturated rings. The zero-order valence-electron chi connectivity index (χ0n) is 10.5. The molecule has 1 aliphatic carbocycles. The predicted octanol–water partition coefficient (Wildman–Crippen LogP) is 3.26. The molecule has 18 heavy (non-hydrogen) atoms. The van der Waals surface area contributed by atoms with Gasteiger partial charge in [-0.05, 0) is 56.0 Å². The second kappa shape index (κ2) is 4.25. The molecule has 0 saturated heterocycles. The van der Waals surface area contributed by atoms with E-state index in [1.807, 2.05) is 6.07 Å². The van der Waals surface area contributed by atoms with Crippen LogP contribution in [0.5, 0.6) is 0 Å². The summed E-state index contributed by atoms with van der Waals surface area (Å²) in [5.41, 5.74) is 10.6. The third-order valence-corrected chi connectivity index (χ3v) is 3.71. The lowest BCUT2D eigenvalue weighted by Crippen LogP contribution is -2.17.